The van der Waals surface area contributed by atoms with E-state index in [9.17, 15) is 9.59 Å². The molecular formula is C24H25N3O2. The first kappa shape index (κ1) is 20.3. The maximum atomic E-state index is 12.8. The molecule has 0 unspecified atom stereocenters. The van der Waals surface area contributed by atoms with Crippen LogP contribution in [0.25, 0.3) is 0 Å². The van der Waals surface area contributed by atoms with E-state index >= 15 is 0 Å². The van der Waals surface area contributed by atoms with Gasteiger partial charge in [-0.15, -0.1) is 0 Å². The summed E-state index contributed by atoms with van der Waals surface area (Å²) in [6, 6.07) is 13.3. The summed E-state index contributed by atoms with van der Waals surface area (Å²) >= 11 is 0. The summed E-state index contributed by atoms with van der Waals surface area (Å²) in [5.41, 5.74) is 6.40. The lowest BCUT2D eigenvalue weighted by Gasteiger charge is -2.13. The zero-order valence-corrected chi connectivity index (χ0v) is 17.2. The molecule has 0 saturated carbocycles. The van der Waals surface area contributed by atoms with Gasteiger partial charge in [-0.05, 0) is 56.0 Å². The smallest absolute Gasteiger partial charge is 0.257 e. The van der Waals surface area contributed by atoms with Crippen molar-refractivity contribution in [3.8, 4) is 0 Å². The Balaban J connectivity index is 1.80. The lowest BCUT2D eigenvalue weighted by atomic mass is 10.0. The molecule has 0 spiro atoms. The number of hydrogen-bond acceptors (Lipinski definition) is 3. The van der Waals surface area contributed by atoms with Crippen molar-refractivity contribution in [2.24, 2.45) is 0 Å². The van der Waals surface area contributed by atoms with Gasteiger partial charge in [-0.2, -0.15) is 0 Å². The number of carbonyl (C=O) groups excluding carboxylic acids is 2. The number of nitrogens with zero attached hydrogens (tertiary/aromatic N) is 1. The highest BCUT2D eigenvalue weighted by Crippen LogP contribution is 2.23. The number of aryl methyl sites for hydroxylation is 4. The molecule has 0 aliphatic rings. The summed E-state index contributed by atoms with van der Waals surface area (Å²) < 4.78 is 0. The van der Waals surface area contributed by atoms with E-state index in [1.807, 2.05) is 64.1 Å². The number of anilines is 2. The molecule has 3 aromatic rings. The molecule has 0 atom stereocenters. The minimum Gasteiger partial charge on any atom is -0.322 e. The molecule has 2 aromatic carbocycles. The van der Waals surface area contributed by atoms with Gasteiger partial charge in [-0.25, -0.2) is 0 Å². The number of para-hydroxylation sites is 1. The van der Waals surface area contributed by atoms with Crippen LogP contribution in [-0.4, -0.2) is 16.8 Å². The summed E-state index contributed by atoms with van der Waals surface area (Å²) in [7, 11) is 0. The van der Waals surface area contributed by atoms with Gasteiger partial charge in [-0.1, -0.05) is 42.8 Å². The van der Waals surface area contributed by atoms with E-state index in [0.717, 1.165) is 40.0 Å². The van der Waals surface area contributed by atoms with Crippen molar-refractivity contribution >= 4 is 23.2 Å². The first-order valence-electron chi connectivity index (χ1n) is 9.62. The third-order valence-corrected chi connectivity index (χ3v) is 4.82. The molecule has 29 heavy (non-hydrogen) atoms. The molecule has 0 bridgehead atoms. The van der Waals surface area contributed by atoms with E-state index in [1.54, 1.807) is 6.07 Å². The number of aromatic nitrogens is 1. The monoisotopic (exact) mass is 387 g/mol. The fraction of sp³-hybridized carbons (Fsp3) is 0.208. The highest BCUT2D eigenvalue weighted by atomic mass is 16.2. The Bertz CT molecular complexity index is 1050. The standard InChI is InChI=1S/C24H25N3O2/c1-5-18-8-6-7-9-21(18)26-23(28)19-12-20(14-25-13-19)24(29)27-22-16(3)10-15(2)11-17(22)4/h6-14H,5H2,1-4H3,(H,26,28)(H,27,29). The summed E-state index contributed by atoms with van der Waals surface area (Å²) in [6.45, 7) is 7.98. The SMILES string of the molecule is CCc1ccccc1NC(=O)c1cncc(C(=O)Nc2c(C)cc(C)cc2C)c1. The predicted octanol–water partition coefficient (Wildman–Crippen LogP) is 5.07. The van der Waals surface area contributed by atoms with E-state index in [0.29, 0.717) is 11.1 Å². The van der Waals surface area contributed by atoms with Gasteiger partial charge < -0.3 is 10.6 Å². The molecular weight excluding hydrogens is 362 g/mol. The molecule has 0 aliphatic carbocycles. The first-order chi connectivity index (χ1) is 13.9. The summed E-state index contributed by atoms with van der Waals surface area (Å²) in [5, 5.41) is 5.85. The van der Waals surface area contributed by atoms with E-state index in [-0.39, 0.29) is 11.8 Å². The van der Waals surface area contributed by atoms with Crippen molar-refractivity contribution in [2.45, 2.75) is 34.1 Å². The van der Waals surface area contributed by atoms with Gasteiger partial charge in [0.05, 0.1) is 11.1 Å². The number of rotatable bonds is 5. The van der Waals surface area contributed by atoms with Crippen LogP contribution in [0.4, 0.5) is 11.4 Å². The van der Waals surface area contributed by atoms with Crippen LogP contribution in [0.5, 0.6) is 0 Å². The fourth-order valence-corrected chi connectivity index (χ4v) is 3.40. The highest BCUT2D eigenvalue weighted by molar-refractivity contribution is 6.09. The average Bonchev–Trinajstić information content (AvgIpc) is 2.71. The third-order valence-electron chi connectivity index (χ3n) is 4.82. The van der Waals surface area contributed by atoms with Crippen molar-refractivity contribution in [3.05, 3.63) is 88.2 Å². The third kappa shape index (κ3) is 4.69. The van der Waals surface area contributed by atoms with Crippen molar-refractivity contribution in [2.75, 3.05) is 10.6 Å². The molecule has 0 aliphatic heterocycles. The van der Waals surface area contributed by atoms with Gasteiger partial charge >= 0.3 is 0 Å². The highest BCUT2D eigenvalue weighted by Gasteiger charge is 2.14. The second-order valence-corrected chi connectivity index (χ2v) is 7.15. The van der Waals surface area contributed by atoms with Crippen LogP contribution in [0.1, 0.15) is 49.9 Å². The summed E-state index contributed by atoms with van der Waals surface area (Å²) in [4.78, 5) is 29.5. The second kappa shape index (κ2) is 8.69. The fourth-order valence-electron chi connectivity index (χ4n) is 3.40. The predicted molar refractivity (Wildman–Crippen MR) is 117 cm³/mol. The largest absolute Gasteiger partial charge is 0.322 e. The van der Waals surface area contributed by atoms with Gasteiger partial charge in [0.1, 0.15) is 0 Å². The number of carbonyl (C=O) groups is 2. The molecule has 5 heteroatoms. The van der Waals surface area contributed by atoms with Crippen LogP contribution in [0, 0.1) is 20.8 Å². The van der Waals surface area contributed by atoms with Gasteiger partial charge in [0.25, 0.3) is 11.8 Å². The number of pyridine rings is 1. The van der Waals surface area contributed by atoms with Crippen molar-refractivity contribution in [1.82, 2.24) is 4.98 Å². The normalized spacial score (nSPS) is 10.5. The maximum Gasteiger partial charge on any atom is 0.257 e. The topological polar surface area (TPSA) is 71.1 Å². The number of benzene rings is 2. The lowest BCUT2D eigenvalue weighted by molar-refractivity contribution is 0.102. The van der Waals surface area contributed by atoms with E-state index in [4.69, 9.17) is 0 Å². The molecule has 0 fully saturated rings. The van der Waals surface area contributed by atoms with Gasteiger partial charge in [-0.3, -0.25) is 14.6 Å². The molecule has 2 N–H and O–H groups in total. The van der Waals surface area contributed by atoms with Crippen molar-refractivity contribution in [3.63, 3.8) is 0 Å². The summed E-state index contributed by atoms with van der Waals surface area (Å²) in [6.07, 6.45) is 3.74. The Labute approximate surface area is 171 Å². The second-order valence-electron chi connectivity index (χ2n) is 7.15. The zero-order valence-electron chi connectivity index (χ0n) is 17.2. The van der Waals surface area contributed by atoms with Gasteiger partial charge in [0.2, 0.25) is 0 Å². The Hall–Kier alpha value is -3.47. The van der Waals surface area contributed by atoms with Crippen molar-refractivity contribution < 1.29 is 9.59 Å². The minimum absolute atomic E-state index is 0.295. The lowest BCUT2D eigenvalue weighted by Crippen LogP contribution is -2.17. The molecule has 5 nitrogen and oxygen atoms in total. The summed E-state index contributed by atoms with van der Waals surface area (Å²) in [5.74, 6) is -0.591. The molecule has 1 aromatic heterocycles. The maximum absolute atomic E-state index is 12.8. The number of nitrogens with one attached hydrogen (secondary N) is 2. The Morgan fingerprint density at radius 3 is 2.07 bits per heavy atom. The first-order valence-corrected chi connectivity index (χ1v) is 9.62. The van der Waals surface area contributed by atoms with Gasteiger partial charge in [0, 0.05) is 23.8 Å². The quantitative estimate of drug-likeness (QED) is 0.642. The van der Waals surface area contributed by atoms with Gasteiger partial charge in [0.15, 0.2) is 0 Å². The van der Waals surface area contributed by atoms with E-state index < -0.39 is 0 Å². The zero-order chi connectivity index (χ0) is 21.0. The van der Waals surface area contributed by atoms with Crippen LogP contribution < -0.4 is 10.6 Å². The van der Waals surface area contributed by atoms with Crippen LogP contribution in [0.2, 0.25) is 0 Å². The molecule has 0 radical (unpaired) electrons. The molecule has 0 saturated heterocycles. The average molecular weight is 387 g/mol. The van der Waals surface area contributed by atoms with Crippen molar-refractivity contribution in [1.29, 1.82) is 0 Å². The number of amides is 2. The Morgan fingerprint density at radius 2 is 1.45 bits per heavy atom. The number of hydrogen-bond donors (Lipinski definition) is 2. The Morgan fingerprint density at radius 1 is 0.862 bits per heavy atom. The molecule has 2 amide bonds. The van der Waals surface area contributed by atoms with Crippen LogP contribution in [0.15, 0.2) is 54.9 Å². The molecule has 148 valence electrons. The minimum atomic E-state index is -0.296. The van der Waals surface area contributed by atoms with Crippen LogP contribution in [-0.2, 0) is 6.42 Å². The molecule has 1 heterocycles. The van der Waals surface area contributed by atoms with Crippen LogP contribution >= 0.6 is 0 Å². The Kier molecular flexibility index (Phi) is 6.07. The van der Waals surface area contributed by atoms with Crippen LogP contribution in [0.3, 0.4) is 0 Å². The molecule has 3 rings (SSSR count). The van der Waals surface area contributed by atoms with E-state index in [1.165, 1.54) is 12.4 Å². The van der Waals surface area contributed by atoms with E-state index in [2.05, 4.69) is 15.6 Å².